The van der Waals surface area contributed by atoms with Gasteiger partial charge in [0.1, 0.15) is 0 Å². The van der Waals surface area contributed by atoms with E-state index in [1.165, 1.54) is 0 Å². The standard InChI is InChI=1S/C22H44O6/c1-5-15-25-19-9-20-27-17-7-3-13-24-14-4-8-18-28-22-10-21-26-16-6-2-12-23-11-1/h1-22H2. The molecule has 0 atom stereocenters. The highest BCUT2D eigenvalue weighted by atomic mass is 16.5. The van der Waals surface area contributed by atoms with Crippen molar-refractivity contribution in [1.82, 2.24) is 0 Å². The average Bonchev–Trinajstić information content (AvgIpc) is 2.71. The Balaban J connectivity index is 2.00. The minimum absolute atomic E-state index is 0.785. The lowest BCUT2D eigenvalue weighted by Crippen LogP contribution is -2.06. The Morgan fingerprint density at radius 2 is 0.321 bits per heavy atom. The highest BCUT2D eigenvalue weighted by molar-refractivity contribution is 4.45. The SMILES string of the molecule is C1CCOCCCOCCCCOCCCCOCCCOCCCCOC1. The molecule has 0 aromatic heterocycles. The zero-order valence-electron chi connectivity index (χ0n) is 18.0. The highest BCUT2D eigenvalue weighted by Gasteiger charge is 1.97. The van der Waals surface area contributed by atoms with Gasteiger partial charge in [-0.15, -0.1) is 0 Å². The molecular formula is C22H44O6. The Kier molecular flexibility index (Phi) is 21.2. The molecule has 6 heteroatoms. The van der Waals surface area contributed by atoms with Crippen LogP contribution in [0.25, 0.3) is 0 Å². The van der Waals surface area contributed by atoms with Crippen molar-refractivity contribution in [2.75, 3.05) is 79.3 Å². The van der Waals surface area contributed by atoms with Crippen molar-refractivity contribution in [3.05, 3.63) is 0 Å². The third-order valence-corrected chi connectivity index (χ3v) is 4.46. The molecule has 1 aliphatic heterocycles. The van der Waals surface area contributed by atoms with Crippen molar-refractivity contribution >= 4 is 0 Å². The maximum atomic E-state index is 5.65. The van der Waals surface area contributed by atoms with Crippen molar-refractivity contribution < 1.29 is 28.4 Å². The number of hydrogen-bond acceptors (Lipinski definition) is 6. The predicted molar refractivity (Wildman–Crippen MR) is 111 cm³/mol. The summed E-state index contributed by atoms with van der Waals surface area (Å²) in [5.41, 5.74) is 0. The lowest BCUT2D eigenvalue weighted by Gasteiger charge is -2.08. The summed E-state index contributed by atoms with van der Waals surface area (Å²) in [7, 11) is 0. The summed E-state index contributed by atoms with van der Waals surface area (Å²) in [5.74, 6) is 0. The molecule has 1 aliphatic rings. The second kappa shape index (κ2) is 23.0. The van der Waals surface area contributed by atoms with E-state index in [-0.39, 0.29) is 0 Å². The summed E-state index contributed by atoms with van der Waals surface area (Å²) in [6.07, 6.45) is 10.4. The predicted octanol–water partition coefficient (Wildman–Crippen LogP) is 4.00. The minimum atomic E-state index is 0.785. The fourth-order valence-electron chi connectivity index (χ4n) is 2.77. The zero-order chi connectivity index (χ0) is 19.8. The van der Waals surface area contributed by atoms with Crippen LogP contribution in [0.2, 0.25) is 0 Å². The Hall–Kier alpha value is -0.240. The first-order chi connectivity index (χ1) is 14.0. The Bertz CT molecular complexity index is 156. The van der Waals surface area contributed by atoms with Crippen LogP contribution < -0.4 is 0 Å². The Labute approximate surface area is 172 Å². The molecule has 0 radical (unpaired) electrons. The molecule has 6 nitrogen and oxygen atoms in total. The van der Waals surface area contributed by atoms with Gasteiger partial charge in [0.15, 0.2) is 0 Å². The van der Waals surface area contributed by atoms with E-state index in [2.05, 4.69) is 0 Å². The van der Waals surface area contributed by atoms with Crippen molar-refractivity contribution in [1.29, 1.82) is 0 Å². The van der Waals surface area contributed by atoms with Crippen LogP contribution in [0.1, 0.15) is 64.2 Å². The van der Waals surface area contributed by atoms with Gasteiger partial charge in [0.2, 0.25) is 0 Å². The number of hydrogen-bond donors (Lipinski definition) is 0. The van der Waals surface area contributed by atoms with Crippen LogP contribution in [0.3, 0.4) is 0 Å². The smallest absolute Gasteiger partial charge is 0.0487 e. The van der Waals surface area contributed by atoms with E-state index in [4.69, 9.17) is 28.4 Å². The Morgan fingerprint density at radius 1 is 0.179 bits per heavy atom. The highest BCUT2D eigenvalue weighted by Crippen LogP contribution is 1.99. The summed E-state index contributed by atoms with van der Waals surface area (Å²) in [6, 6.07) is 0. The molecule has 0 amide bonds. The van der Waals surface area contributed by atoms with E-state index in [1.54, 1.807) is 0 Å². The van der Waals surface area contributed by atoms with Gasteiger partial charge in [-0.25, -0.2) is 0 Å². The number of ether oxygens (including phenoxy) is 6. The molecule has 0 saturated carbocycles. The van der Waals surface area contributed by atoms with Crippen LogP contribution in [0.15, 0.2) is 0 Å². The lowest BCUT2D eigenvalue weighted by atomic mass is 10.3. The molecule has 0 aromatic rings. The summed E-state index contributed by atoms with van der Waals surface area (Å²) >= 11 is 0. The molecule has 1 rings (SSSR count). The zero-order valence-corrected chi connectivity index (χ0v) is 18.0. The molecule has 0 aromatic carbocycles. The molecule has 0 bridgehead atoms. The van der Waals surface area contributed by atoms with Gasteiger partial charge >= 0.3 is 0 Å². The summed E-state index contributed by atoms with van der Waals surface area (Å²) in [4.78, 5) is 0. The Morgan fingerprint density at radius 3 is 0.500 bits per heavy atom. The van der Waals surface area contributed by atoms with Crippen molar-refractivity contribution in [2.24, 2.45) is 0 Å². The maximum absolute atomic E-state index is 5.65. The van der Waals surface area contributed by atoms with Gasteiger partial charge in [-0.2, -0.15) is 0 Å². The van der Waals surface area contributed by atoms with Gasteiger partial charge in [-0.3, -0.25) is 0 Å². The lowest BCUT2D eigenvalue weighted by molar-refractivity contribution is 0.0613. The van der Waals surface area contributed by atoms with Crippen LogP contribution in [-0.4, -0.2) is 79.3 Å². The topological polar surface area (TPSA) is 55.4 Å². The van der Waals surface area contributed by atoms with Gasteiger partial charge in [0.05, 0.1) is 0 Å². The quantitative estimate of drug-likeness (QED) is 0.608. The first kappa shape index (κ1) is 25.8. The second-order valence-corrected chi connectivity index (χ2v) is 7.21. The van der Waals surface area contributed by atoms with E-state index in [1.807, 2.05) is 0 Å². The second-order valence-electron chi connectivity index (χ2n) is 7.21. The van der Waals surface area contributed by atoms with Crippen LogP contribution in [0, 0.1) is 0 Å². The van der Waals surface area contributed by atoms with Crippen LogP contribution in [0.4, 0.5) is 0 Å². The van der Waals surface area contributed by atoms with Gasteiger partial charge in [-0.1, -0.05) is 0 Å². The maximum Gasteiger partial charge on any atom is 0.0487 e. The molecule has 1 saturated heterocycles. The molecule has 168 valence electrons. The van der Waals surface area contributed by atoms with E-state index in [0.717, 1.165) is 143 Å². The molecule has 0 unspecified atom stereocenters. The normalized spacial score (nSPS) is 24.0. The summed E-state index contributed by atoms with van der Waals surface area (Å²) in [5, 5.41) is 0. The monoisotopic (exact) mass is 404 g/mol. The third-order valence-electron chi connectivity index (χ3n) is 4.46. The minimum Gasteiger partial charge on any atom is -0.381 e. The van der Waals surface area contributed by atoms with Crippen molar-refractivity contribution in [3.63, 3.8) is 0 Å². The molecular weight excluding hydrogens is 360 g/mol. The molecule has 0 N–H and O–H groups in total. The molecule has 1 fully saturated rings. The van der Waals surface area contributed by atoms with Gasteiger partial charge in [0, 0.05) is 79.3 Å². The average molecular weight is 405 g/mol. The molecule has 0 spiro atoms. The molecule has 0 aliphatic carbocycles. The fraction of sp³-hybridized carbons (Fsp3) is 1.00. The van der Waals surface area contributed by atoms with Crippen LogP contribution >= 0.6 is 0 Å². The van der Waals surface area contributed by atoms with Gasteiger partial charge < -0.3 is 28.4 Å². The summed E-state index contributed by atoms with van der Waals surface area (Å²) < 4.78 is 33.8. The van der Waals surface area contributed by atoms with Crippen molar-refractivity contribution in [3.8, 4) is 0 Å². The van der Waals surface area contributed by atoms with Crippen LogP contribution in [0.5, 0.6) is 0 Å². The third kappa shape index (κ3) is 20.5. The van der Waals surface area contributed by atoms with Crippen LogP contribution in [-0.2, 0) is 28.4 Å². The number of rotatable bonds is 0. The first-order valence-electron chi connectivity index (χ1n) is 11.5. The van der Waals surface area contributed by atoms with E-state index >= 15 is 0 Å². The van der Waals surface area contributed by atoms with Gasteiger partial charge in [-0.05, 0) is 64.2 Å². The van der Waals surface area contributed by atoms with Crippen molar-refractivity contribution in [2.45, 2.75) is 64.2 Å². The molecule has 1 heterocycles. The van der Waals surface area contributed by atoms with Gasteiger partial charge in [0.25, 0.3) is 0 Å². The first-order valence-corrected chi connectivity index (χ1v) is 11.5. The van der Waals surface area contributed by atoms with E-state index in [9.17, 15) is 0 Å². The fourth-order valence-corrected chi connectivity index (χ4v) is 2.77. The largest absolute Gasteiger partial charge is 0.381 e. The van der Waals surface area contributed by atoms with E-state index < -0.39 is 0 Å². The molecule has 28 heavy (non-hydrogen) atoms. The summed E-state index contributed by atoms with van der Waals surface area (Å²) in [6.45, 7) is 9.72. The van der Waals surface area contributed by atoms with E-state index in [0.29, 0.717) is 0 Å².